The molecule has 1 saturated heterocycles. The molecule has 0 bridgehead atoms. The molecule has 23 heavy (non-hydrogen) atoms. The summed E-state index contributed by atoms with van der Waals surface area (Å²) in [5, 5.41) is 4.88. The monoisotopic (exact) mass is 321 g/mol. The van der Waals surface area contributed by atoms with E-state index in [4.69, 9.17) is 14.6 Å². The first-order valence-electron chi connectivity index (χ1n) is 9.18. The fraction of sp³-hybridized carbons (Fsp3) is 0.833. The Bertz CT molecular complexity index is 489. The lowest BCUT2D eigenvalue weighted by molar-refractivity contribution is 0.0175. The molecule has 1 aliphatic heterocycles. The second kappa shape index (κ2) is 8.27. The molecule has 1 aromatic heterocycles. The second-order valence-electron chi connectivity index (χ2n) is 6.90. The van der Waals surface area contributed by atoms with Crippen molar-refractivity contribution in [2.75, 3.05) is 39.5 Å². The summed E-state index contributed by atoms with van der Waals surface area (Å²) in [6.07, 6.45) is 6.62. The van der Waals surface area contributed by atoms with Crippen LogP contribution in [-0.4, -0.2) is 54.1 Å². The average Bonchev–Trinajstić information content (AvgIpc) is 2.89. The molecule has 2 fully saturated rings. The zero-order chi connectivity index (χ0) is 16.1. The van der Waals surface area contributed by atoms with Crippen LogP contribution in [0.4, 0.5) is 0 Å². The highest BCUT2D eigenvalue weighted by Crippen LogP contribution is 2.30. The lowest BCUT2D eigenvalue weighted by Crippen LogP contribution is -2.38. The van der Waals surface area contributed by atoms with Crippen molar-refractivity contribution in [3.8, 4) is 0 Å². The normalized spacial score (nSPS) is 21.0. The van der Waals surface area contributed by atoms with Gasteiger partial charge in [0.15, 0.2) is 0 Å². The van der Waals surface area contributed by atoms with Crippen LogP contribution >= 0.6 is 0 Å². The summed E-state index contributed by atoms with van der Waals surface area (Å²) < 4.78 is 13.5. The van der Waals surface area contributed by atoms with Crippen molar-refractivity contribution in [3.05, 3.63) is 17.0 Å². The van der Waals surface area contributed by atoms with Crippen LogP contribution in [0.25, 0.3) is 0 Å². The van der Waals surface area contributed by atoms with Gasteiger partial charge in [-0.1, -0.05) is 19.3 Å². The summed E-state index contributed by atoms with van der Waals surface area (Å²) in [5.41, 5.74) is 3.75. The highest BCUT2D eigenvalue weighted by Gasteiger charge is 2.20. The standard InChI is InChI=1S/C18H31N3O2/c1-15-16(2)21(17-6-4-3-5-7-17)19-18(15)14-23-13-10-20-8-11-22-12-9-20/h17H,3-14H2,1-2H3. The molecule has 0 radical (unpaired) electrons. The van der Waals surface area contributed by atoms with E-state index < -0.39 is 0 Å². The summed E-state index contributed by atoms with van der Waals surface area (Å²) in [6, 6.07) is 0.601. The van der Waals surface area contributed by atoms with E-state index >= 15 is 0 Å². The fourth-order valence-electron chi connectivity index (χ4n) is 3.67. The van der Waals surface area contributed by atoms with Gasteiger partial charge in [-0.15, -0.1) is 0 Å². The van der Waals surface area contributed by atoms with E-state index in [1.807, 2.05) is 0 Å². The lowest BCUT2D eigenvalue weighted by atomic mass is 9.95. The van der Waals surface area contributed by atoms with Crippen molar-refractivity contribution >= 4 is 0 Å². The number of nitrogens with zero attached hydrogens (tertiary/aromatic N) is 3. The van der Waals surface area contributed by atoms with Gasteiger partial charge in [0, 0.05) is 25.3 Å². The first kappa shape index (κ1) is 16.9. The molecule has 3 rings (SSSR count). The van der Waals surface area contributed by atoms with Crippen LogP contribution in [0.3, 0.4) is 0 Å². The molecule has 0 N–H and O–H groups in total. The minimum Gasteiger partial charge on any atom is -0.379 e. The zero-order valence-electron chi connectivity index (χ0n) is 14.7. The molecule has 130 valence electrons. The van der Waals surface area contributed by atoms with Gasteiger partial charge in [0.2, 0.25) is 0 Å². The fourth-order valence-corrected chi connectivity index (χ4v) is 3.67. The second-order valence-corrected chi connectivity index (χ2v) is 6.90. The van der Waals surface area contributed by atoms with Crippen molar-refractivity contribution in [3.63, 3.8) is 0 Å². The smallest absolute Gasteiger partial charge is 0.0913 e. The highest BCUT2D eigenvalue weighted by atomic mass is 16.5. The van der Waals surface area contributed by atoms with Crippen LogP contribution in [0.1, 0.15) is 55.1 Å². The Kier molecular flexibility index (Phi) is 6.08. The molecule has 0 aromatic carbocycles. The van der Waals surface area contributed by atoms with E-state index in [0.717, 1.165) is 45.1 Å². The zero-order valence-corrected chi connectivity index (χ0v) is 14.7. The maximum atomic E-state index is 5.90. The Balaban J connectivity index is 1.49. The van der Waals surface area contributed by atoms with Crippen LogP contribution < -0.4 is 0 Å². The van der Waals surface area contributed by atoms with Gasteiger partial charge < -0.3 is 9.47 Å². The molecule has 2 aliphatic rings. The molecule has 1 saturated carbocycles. The molecule has 5 nitrogen and oxygen atoms in total. The third-order valence-corrected chi connectivity index (χ3v) is 5.36. The predicted octanol–water partition coefficient (Wildman–Crippen LogP) is 2.85. The molecule has 5 heteroatoms. The quantitative estimate of drug-likeness (QED) is 0.755. The Morgan fingerprint density at radius 1 is 1.13 bits per heavy atom. The third kappa shape index (κ3) is 4.34. The van der Waals surface area contributed by atoms with Gasteiger partial charge in [-0.05, 0) is 32.3 Å². The summed E-state index contributed by atoms with van der Waals surface area (Å²) in [7, 11) is 0. The first-order valence-corrected chi connectivity index (χ1v) is 9.18. The van der Waals surface area contributed by atoms with Crippen LogP contribution in [0.2, 0.25) is 0 Å². The Morgan fingerprint density at radius 3 is 2.61 bits per heavy atom. The van der Waals surface area contributed by atoms with E-state index in [1.165, 1.54) is 43.4 Å². The molecular weight excluding hydrogens is 290 g/mol. The molecule has 0 amide bonds. The maximum absolute atomic E-state index is 5.90. The summed E-state index contributed by atoms with van der Waals surface area (Å²) in [4.78, 5) is 2.40. The van der Waals surface area contributed by atoms with Crippen molar-refractivity contribution in [1.82, 2.24) is 14.7 Å². The Labute approximate surface area is 139 Å². The van der Waals surface area contributed by atoms with E-state index in [1.54, 1.807) is 0 Å². The highest BCUT2D eigenvalue weighted by molar-refractivity contribution is 5.23. The third-order valence-electron chi connectivity index (χ3n) is 5.36. The summed E-state index contributed by atoms with van der Waals surface area (Å²) in [6.45, 7) is 10.5. The van der Waals surface area contributed by atoms with Crippen molar-refractivity contribution < 1.29 is 9.47 Å². The molecular formula is C18H31N3O2. The maximum Gasteiger partial charge on any atom is 0.0913 e. The van der Waals surface area contributed by atoms with Gasteiger partial charge in [-0.2, -0.15) is 5.10 Å². The van der Waals surface area contributed by atoms with Gasteiger partial charge in [0.1, 0.15) is 0 Å². The molecule has 2 heterocycles. The number of rotatable bonds is 6. The average molecular weight is 321 g/mol. The molecule has 0 unspecified atom stereocenters. The summed E-state index contributed by atoms with van der Waals surface area (Å²) in [5.74, 6) is 0. The molecule has 0 atom stereocenters. The number of hydrogen-bond donors (Lipinski definition) is 0. The predicted molar refractivity (Wildman–Crippen MR) is 90.7 cm³/mol. The van der Waals surface area contributed by atoms with Gasteiger partial charge in [-0.3, -0.25) is 9.58 Å². The molecule has 1 aromatic rings. The van der Waals surface area contributed by atoms with Crippen LogP contribution in [0.5, 0.6) is 0 Å². The molecule has 0 spiro atoms. The van der Waals surface area contributed by atoms with Crippen molar-refractivity contribution in [2.45, 2.75) is 58.6 Å². The minimum absolute atomic E-state index is 0.601. The number of aromatic nitrogens is 2. The van der Waals surface area contributed by atoms with Crippen molar-refractivity contribution in [1.29, 1.82) is 0 Å². The van der Waals surface area contributed by atoms with Crippen LogP contribution in [0.15, 0.2) is 0 Å². The van der Waals surface area contributed by atoms with Gasteiger partial charge in [0.05, 0.1) is 38.2 Å². The largest absolute Gasteiger partial charge is 0.379 e. The Morgan fingerprint density at radius 2 is 1.87 bits per heavy atom. The van der Waals surface area contributed by atoms with Crippen LogP contribution in [0, 0.1) is 13.8 Å². The number of ether oxygens (including phenoxy) is 2. The molecule has 1 aliphatic carbocycles. The van der Waals surface area contributed by atoms with Gasteiger partial charge >= 0.3 is 0 Å². The topological polar surface area (TPSA) is 39.5 Å². The summed E-state index contributed by atoms with van der Waals surface area (Å²) >= 11 is 0. The van der Waals surface area contributed by atoms with E-state index in [-0.39, 0.29) is 0 Å². The van der Waals surface area contributed by atoms with E-state index in [9.17, 15) is 0 Å². The van der Waals surface area contributed by atoms with E-state index in [0.29, 0.717) is 12.6 Å². The number of morpholine rings is 1. The van der Waals surface area contributed by atoms with Crippen LogP contribution in [-0.2, 0) is 16.1 Å². The lowest BCUT2D eigenvalue weighted by Gasteiger charge is -2.26. The van der Waals surface area contributed by atoms with Gasteiger partial charge in [0.25, 0.3) is 0 Å². The van der Waals surface area contributed by atoms with Gasteiger partial charge in [-0.25, -0.2) is 0 Å². The first-order chi connectivity index (χ1) is 11.3. The van der Waals surface area contributed by atoms with E-state index in [2.05, 4.69) is 23.4 Å². The Hall–Kier alpha value is -0.910. The van der Waals surface area contributed by atoms with Crippen molar-refractivity contribution in [2.24, 2.45) is 0 Å². The number of hydrogen-bond acceptors (Lipinski definition) is 4. The minimum atomic E-state index is 0.601. The SMILES string of the molecule is Cc1c(COCCN2CCOCC2)nn(C2CCCCC2)c1C.